The lowest BCUT2D eigenvalue weighted by Gasteiger charge is -2.20. The fourth-order valence-corrected chi connectivity index (χ4v) is 3.05. The molecule has 0 aliphatic heterocycles. The topological polar surface area (TPSA) is 0 Å². The van der Waals surface area contributed by atoms with E-state index >= 15 is 0 Å². The fourth-order valence-electron chi connectivity index (χ4n) is 3.05. The maximum atomic E-state index is 4.29. The maximum Gasteiger partial charge on any atom is -0.00931 e. The zero-order chi connectivity index (χ0) is 10.3. The summed E-state index contributed by atoms with van der Waals surface area (Å²) in [6.07, 6.45) is 7.46. The summed E-state index contributed by atoms with van der Waals surface area (Å²) in [4.78, 5) is 0. The van der Waals surface area contributed by atoms with Crippen LogP contribution in [0.3, 0.4) is 0 Å². The van der Waals surface area contributed by atoms with Crippen LogP contribution in [0.5, 0.6) is 0 Å². The van der Waals surface area contributed by atoms with Gasteiger partial charge in [0.05, 0.1) is 0 Å². The molecule has 15 heavy (non-hydrogen) atoms. The molecule has 3 unspecified atom stereocenters. The maximum absolute atomic E-state index is 4.29. The van der Waals surface area contributed by atoms with Crippen molar-refractivity contribution < 1.29 is 0 Å². The minimum atomic E-state index is 0.697. The third kappa shape index (κ3) is 1.45. The molecule has 2 aliphatic rings. The molecule has 3 atom stereocenters. The first-order chi connectivity index (χ1) is 7.34. The summed E-state index contributed by atoms with van der Waals surface area (Å²) in [6, 6.07) is 10.6. The van der Waals surface area contributed by atoms with Gasteiger partial charge >= 0.3 is 0 Å². The molecule has 2 bridgehead atoms. The molecule has 0 saturated heterocycles. The van der Waals surface area contributed by atoms with E-state index in [-0.39, 0.29) is 0 Å². The fraction of sp³-hybridized carbons (Fsp3) is 0.333. The zero-order valence-corrected chi connectivity index (χ0v) is 8.89. The standard InChI is InChI=1S/C15H16/c1-11(13-5-3-2-4-6-13)15-10-12-7-8-14(15)9-12/h2-8,12,14-15H,1,9-10H2. The Balaban J connectivity index is 1.85. The lowest BCUT2D eigenvalue weighted by Crippen LogP contribution is -2.08. The molecular weight excluding hydrogens is 180 g/mol. The van der Waals surface area contributed by atoms with E-state index in [2.05, 4.69) is 49.1 Å². The highest BCUT2D eigenvalue weighted by Crippen LogP contribution is 2.48. The lowest BCUT2D eigenvalue weighted by molar-refractivity contribution is 0.567. The van der Waals surface area contributed by atoms with Crippen LogP contribution >= 0.6 is 0 Å². The van der Waals surface area contributed by atoms with Crippen molar-refractivity contribution >= 4 is 5.57 Å². The predicted octanol–water partition coefficient (Wildman–Crippen LogP) is 3.91. The number of allylic oxidation sites excluding steroid dienone is 3. The van der Waals surface area contributed by atoms with Gasteiger partial charge in [-0.2, -0.15) is 0 Å². The van der Waals surface area contributed by atoms with Crippen molar-refractivity contribution in [3.63, 3.8) is 0 Å². The van der Waals surface area contributed by atoms with Crippen LogP contribution < -0.4 is 0 Å². The highest BCUT2D eigenvalue weighted by Gasteiger charge is 2.36. The quantitative estimate of drug-likeness (QED) is 0.629. The van der Waals surface area contributed by atoms with Crippen LogP contribution in [0, 0.1) is 17.8 Å². The van der Waals surface area contributed by atoms with Crippen molar-refractivity contribution in [1.82, 2.24) is 0 Å². The van der Waals surface area contributed by atoms with E-state index in [0.29, 0.717) is 5.92 Å². The Morgan fingerprint density at radius 2 is 1.87 bits per heavy atom. The summed E-state index contributed by atoms with van der Waals surface area (Å²) < 4.78 is 0. The van der Waals surface area contributed by atoms with Gasteiger partial charge in [-0.15, -0.1) is 0 Å². The summed E-state index contributed by atoms with van der Waals surface area (Å²) >= 11 is 0. The van der Waals surface area contributed by atoms with Crippen LogP contribution in [0.1, 0.15) is 18.4 Å². The Morgan fingerprint density at radius 3 is 2.47 bits per heavy atom. The summed E-state index contributed by atoms with van der Waals surface area (Å²) in [5.74, 6) is 2.30. The summed E-state index contributed by atoms with van der Waals surface area (Å²) in [5.41, 5.74) is 2.66. The summed E-state index contributed by atoms with van der Waals surface area (Å²) in [7, 11) is 0. The Kier molecular flexibility index (Phi) is 2.02. The number of hydrogen-bond donors (Lipinski definition) is 0. The predicted molar refractivity (Wildman–Crippen MR) is 64.3 cm³/mol. The van der Waals surface area contributed by atoms with Crippen molar-refractivity contribution in [3.05, 3.63) is 54.6 Å². The zero-order valence-electron chi connectivity index (χ0n) is 8.89. The molecule has 0 N–H and O–H groups in total. The van der Waals surface area contributed by atoms with Gasteiger partial charge in [-0.05, 0) is 41.7 Å². The molecule has 1 fully saturated rings. The third-order valence-corrected chi connectivity index (χ3v) is 3.87. The largest absolute Gasteiger partial charge is 0.0949 e. The first-order valence-corrected chi connectivity index (χ1v) is 5.77. The molecule has 76 valence electrons. The van der Waals surface area contributed by atoms with E-state index < -0.39 is 0 Å². The van der Waals surface area contributed by atoms with Crippen molar-refractivity contribution in [1.29, 1.82) is 0 Å². The first kappa shape index (κ1) is 8.96. The van der Waals surface area contributed by atoms with E-state index in [4.69, 9.17) is 0 Å². The summed E-state index contributed by atoms with van der Waals surface area (Å²) in [5, 5.41) is 0. The molecule has 3 rings (SSSR count). The van der Waals surface area contributed by atoms with Crippen molar-refractivity contribution in [3.8, 4) is 0 Å². The van der Waals surface area contributed by atoms with Crippen molar-refractivity contribution in [2.75, 3.05) is 0 Å². The SMILES string of the molecule is C=C(c1ccccc1)C1CC2C=CC1C2. The average molecular weight is 196 g/mol. The Hall–Kier alpha value is -1.30. The van der Waals surface area contributed by atoms with E-state index in [1.807, 2.05) is 0 Å². The average Bonchev–Trinajstić information content (AvgIpc) is 2.91. The van der Waals surface area contributed by atoms with Gasteiger partial charge < -0.3 is 0 Å². The van der Waals surface area contributed by atoms with Crippen molar-refractivity contribution in [2.24, 2.45) is 17.8 Å². The van der Waals surface area contributed by atoms with Gasteiger partial charge in [-0.3, -0.25) is 0 Å². The van der Waals surface area contributed by atoms with Crippen molar-refractivity contribution in [2.45, 2.75) is 12.8 Å². The molecule has 1 aromatic rings. The van der Waals surface area contributed by atoms with Gasteiger partial charge in [0, 0.05) is 0 Å². The second kappa shape index (κ2) is 3.37. The van der Waals surface area contributed by atoms with Crippen LogP contribution in [0.25, 0.3) is 5.57 Å². The second-order valence-electron chi connectivity index (χ2n) is 4.78. The Labute approximate surface area is 91.3 Å². The minimum Gasteiger partial charge on any atom is -0.0949 e. The molecule has 1 aromatic carbocycles. The highest BCUT2D eigenvalue weighted by atomic mass is 14.4. The Bertz CT molecular complexity index is 399. The van der Waals surface area contributed by atoms with E-state index in [1.54, 1.807) is 0 Å². The molecular formula is C15H16. The van der Waals surface area contributed by atoms with Crippen LogP contribution in [0.4, 0.5) is 0 Å². The molecule has 0 spiro atoms. The molecule has 0 amide bonds. The second-order valence-corrected chi connectivity index (χ2v) is 4.78. The lowest BCUT2D eigenvalue weighted by atomic mass is 9.84. The van der Waals surface area contributed by atoms with Crippen LogP contribution in [0.15, 0.2) is 49.1 Å². The van der Waals surface area contributed by atoms with E-state index in [9.17, 15) is 0 Å². The number of fused-ring (bicyclic) bond motifs is 2. The monoisotopic (exact) mass is 196 g/mol. The molecule has 0 radical (unpaired) electrons. The normalized spacial score (nSPS) is 32.1. The summed E-state index contributed by atoms with van der Waals surface area (Å²) in [6.45, 7) is 4.29. The van der Waals surface area contributed by atoms with Gasteiger partial charge in [0.25, 0.3) is 0 Å². The number of rotatable bonds is 2. The van der Waals surface area contributed by atoms with Gasteiger partial charge in [0.2, 0.25) is 0 Å². The minimum absolute atomic E-state index is 0.697. The van der Waals surface area contributed by atoms with Crippen LogP contribution in [-0.4, -0.2) is 0 Å². The van der Waals surface area contributed by atoms with Crippen LogP contribution in [0.2, 0.25) is 0 Å². The smallest absolute Gasteiger partial charge is 0.00931 e. The molecule has 0 aromatic heterocycles. The van der Waals surface area contributed by atoms with Gasteiger partial charge in [-0.25, -0.2) is 0 Å². The molecule has 1 saturated carbocycles. The molecule has 0 heterocycles. The van der Waals surface area contributed by atoms with E-state index in [1.165, 1.54) is 24.0 Å². The van der Waals surface area contributed by atoms with Gasteiger partial charge in [-0.1, -0.05) is 49.1 Å². The highest BCUT2D eigenvalue weighted by molar-refractivity contribution is 5.66. The van der Waals surface area contributed by atoms with Crippen LogP contribution in [-0.2, 0) is 0 Å². The number of benzene rings is 1. The number of hydrogen-bond acceptors (Lipinski definition) is 0. The van der Waals surface area contributed by atoms with Gasteiger partial charge in [0.1, 0.15) is 0 Å². The molecule has 0 heteroatoms. The van der Waals surface area contributed by atoms with E-state index in [0.717, 1.165) is 11.8 Å². The Morgan fingerprint density at radius 1 is 1.07 bits per heavy atom. The molecule has 0 nitrogen and oxygen atoms in total. The third-order valence-electron chi connectivity index (χ3n) is 3.87. The van der Waals surface area contributed by atoms with Gasteiger partial charge in [0.15, 0.2) is 0 Å². The molecule has 2 aliphatic carbocycles. The first-order valence-electron chi connectivity index (χ1n) is 5.77.